The van der Waals surface area contributed by atoms with Crippen LogP contribution in [-0.4, -0.2) is 37.0 Å². The molecule has 0 fully saturated rings. The average Bonchev–Trinajstić information content (AvgIpc) is 3.23. The Hall–Kier alpha value is -2.91. The van der Waals surface area contributed by atoms with E-state index in [0.29, 0.717) is 34.3 Å². The van der Waals surface area contributed by atoms with Crippen molar-refractivity contribution in [1.82, 2.24) is 4.98 Å². The van der Waals surface area contributed by atoms with Crippen LogP contribution in [0.15, 0.2) is 57.4 Å². The molecule has 0 aliphatic rings. The Morgan fingerprint density at radius 2 is 2.00 bits per heavy atom. The Bertz CT molecular complexity index is 1040. The number of nitrogens with zero attached hydrogens (tertiary/aromatic N) is 2. The Morgan fingerprint density at radius 3 is 2.74 bits per heavy atom. The maximum absolute atomic E-state index is 11.6. The molecule has 0 atom stereocenters. The SMILES string of the molecule is CCOC(=O)COc1c(Br)cc(C=NNc2nc(-c3ccccc3)cs2)cc1OCC. The van der Waals surface area contributed by atoms with Crippen LogP contribution in [0.1, 0.15) is 19.4 Å². The van der Waals surface area contributed by atoms with Crippen molar-refractivity contribution in [3.8, 4) is 22.8 Å². The smallest absolute Gasteiger partial charge is 0.344 e. The molecule has 0 saturated carbocycles. The van der Waals surface area contributed by atoms with Gasteiger partial charge in [0, 0.05) is 10.9 Å². The summed E-state index contributed by atoms with van der Waals surface area (Å²) in [5.41, 5.74) is 5.69. The van der Waals surface area contributed by atoms with Crippen LogP contribution in [0.25, 0.3) is 11.3 Å². The van der Waals surface area contributed by atoms with E-state index in [-0.39, 0.29) is 6.61 Å². The van der Waals surface area contributed by atoms with Gasteiger partial charge in [-0.15, -0.1) is 11.3 Å². The van der Waals surface area contributed by atoms with E-state index in [1.165, 1.54) is 11.3 Å². The summed E-state index contributed by atoms with van der Waals surface area (Å²) >= 11 is 4.95. The minimum absolute atomic E-state index is 0.199. The number of halogens is 1. The molecule has 0 bridgehead atoms. The molecule has 3 aromatic rings. The van der Waals surface area contributed by atoms with Crippen molar-refractivity contribution in [3.05, 3.63) is 57.9 Å². The molecule has 1 heterocycles. The fraction of sp³-hybridized carbons (Fsp3) is 0.227. The van der Waals surface area contributed by atoms with E-state index in [1.807, 2.05) is 48.7 Å². The number of thiazole rings is 1. The number of nitrogens with one attached hydrogen (secondary N) is 1. The molecule has 0 amide bonds. The zero-order chi connectivity index (χ0) is 22.1. The van der Waals surface area contributed by atoms with Gasteiger partial charge in [-0.2, -0.15) is 5.10 Å². The first-order valence-corrected chi connectivity index (χ1v) is 11.3. The highest BCUT2D eigenvalue weighted by molar-refractivity contribution is 9.10. The number of rotatable bonds is 10. The number of hydrogen-bond donors (Lipinski definition) is 1. The first kappa shape index (κ1) is 22.8. The van der Waals surface area contributed by atoms with Crippen LogP contribution in [-0.2, 0) is 9.53 Å². The van der Waals surface area contributed by atoms with Crippen molar-refractivity contribution in [1.29, 1.82) is 0 Å². The van der Waals surface area contributed by atoms with Gasteiger partial charge in [0.05, 0.1) is 29.6 Å². The monoisotopic (exact) mass is 503 g/mol. The Balaban J connectivity index is 1.69. The highest BCUT2D eigenvalue weighted by Gasteiger charge is 2.14. The number of hydrazone groups is 1. The van der Waals surface area contributed by atoms with E-state index in [4.69, 9.17) is 14.2 Å². The van der Waals surface area contributed by atoms with Crippen molar-refractivity contribution in [2.75, 3.05) is 25.2 Å². The molecule has 162 valence electrons. The molecule has 1 N–H and O–H groups in total. The molecule has 0 saturated heterocycles. The van der Waals surface area contributed by atoms with E-state index < -0.39 is 5.97 Å². The molecular formula is C22H22BrN3O4S. The topological polar surface area (TPSA) is 82.0 Å². The lowest BCUT2D eigenvalue weighted by Gasteiger charge is -2.14. The molecule has 0 radical (unpaired) electrons. The van der Waals surface area contributed by atoms with Crippen LogP contribution < -0.4 is 14.9 Å². The van der Waals surface area contributed by atoms with Gasteiger partial charge < -0.3 is 14.2 Å². The maximum Gasteiger partial charge on any atom is 0.344 e. The minimum atomic E-state index is -0.440. The zero-order valence-electron chi connectivity index (χ0n) is 17.1. The zero-order valence-corrected chi connectivity index (χ0v) is 19.5. The normalized spacial score (nSPS) is 10.8. The second-order valence-electron chi connectivity index (χ2n) is 6.13. The van der Waals surface area contributed by atoms with E-state index in [0.717, 1.165) is 16.8 Å². The third-order valence-corrected chi connectivity index (χ3v) is 5.25. The Labute approximate surface area is 193 Å². The van der Waals surface area contributed by atoms with Gasteiger partial charge in [-0.3, -0.25) is 5.43 Å². The quantitative estimate of drug-likeness (QED) is 0.228. The molecule has 0 unspecified atom stereocenters. The summed E-state index contributed by atoms with van der Waals surface area (Å²) < 4.78 is 16.8. The lowest BCUT2D eigenvalue weighted by molar-refractivity contribution is -0.145. The van der Waals surface area contributed by atoms with Crippen LogP contribution in [0, 0.1) is 0 Å². The molecule has 3 rings (SSSR count). The van der Waals surface area contributed by atoms with Crippen LogP contribution >= 0.6 is 27.3 Å². The average molecular weight is 504 g/mol. The van der Waals surface area contributed by atoms with Crippen molar-refractivity contribution in [3.63, 3.8) is 0 Å². The molecule has 0 spiro atoms. The van der Waals surface area contributed by atoms with Crippen molar-refractivity contribution >= 4 is 44.6 Å². The number of ether oxygens (including phenoxy) is 3. The third kappa shape index (κ3) is 6.53. The van der Waals surface area contributed by atoms with E-state index >= 15 is 0 Å². The van der Waals surface area contributed by atoms with Gasteiger partial charge in [-0.05, 0) is 47.5 Å². The van der Waals surface area contributed by atoms with Gasteiger partial charge in [0.1, 0.15) is 0 Å². The lowest BCUT2D eigenvalue weighted by Crippen LogP contribution is -2.15. The van der Waals surface area contributed by atoms with E-state index in [2.05, 4.69) is 31.4 Å². The molecule has 0 aliphatic carbocycles. The number of aromatic nitrogens is 1. The number of carbonyl (C=O) groups is 1. The Kier molecular flexibility index (Phi) is 8.43. The van der Waals surface area contributed by atoms with Crippen molar-refractivity contribution in [2.45, 2.75) is 13.8 Å². The van der Waals surface area contributed by atoms with Crippen LogP contribution in [0.3, 0.4) is 0 Å². The summed E-state index contributed by atoms with van der Waals surface area (Å²) in [4.78, 5) is 16.1. The second-order valence-corrected chi connectivity index (χ2v) is 7.84. The largest absolute Gasteiger partial charge is 0.490 e. The fourth-order valence-corrected chi connectivity index (χ4v) is 3.87. The number of esters is 1. The first-order valence-electron chi connectivity index (χ1n) is 9.65. The van der Waals surface area contributed by atoms with E-state index in [1.54, 1.807) is 19.2 Å². The summed E-state index contributed by atoms with van der Waals surface area (Å²) in [6.45, 7) is 4.17. The van der Waals surface area contributed by atoms with Gasteiger partial charge in [0.2, 0.25) is 5.13 Å². The molecule has 0 aliphatic heterocycles. The Morgan fingerprint density at radius 1 is 1.19 bits per heavy atom. The molecule has 7 nitrogen and oxygen atoms in total. The van der Waals surface area contributed by atoms with Crippen molar-refractivity contribution in [2.24, 2.45) is 5.10 Å². The number of hydrogen-bond acceptors (Lipinski definition) is 8. The summed E-state index contributed by atoms with van der Waals surface area (Å²) in [5.74, 6) is 0.501. The van der Waals surface area contributed by atoms with Gasteiger partial charge in [-0.1, -0.05) is 30.3 Å². The summed E-state index contributed by atoms with van der Waals surface area (Å²) in [6, 6.07) is 13.6. The lowest BCUT2D eigenvalue weighted by atomic mass is 10.2. The third-order valence-electron chi connectivity index (χ3n) is 3.92. The number of anilines is 1. The second kappa shape index (κ2) is 11.5. The standard InChI is InChI=1S/C22H22BrN3O4S/c1-3-28-19-11-15(10-17(23)21(19)30-13-20(27)29-4-2)12-24-26-22-25-18(14-31-22)16-8-6-5-7-9-16/h5-12,14H,3-4,13H2,1-2H3,(H,25,26). The van der Waals surface area contributed by atoms with Crippen LogP contribution in [0.2, 0.25) is 0 Å². The number of benzene rings is 2. The van der Waals surface area contributed by atoms with Gasteiger partial charge >= 0.3 is 5.97 Å². The highest BCUT2D eigenvalue weighted by Crippen LogP contribution is 2.36. The summed E-state index contributed by atoms with van der Waals surface area (Å²) in [5, 5.41) is 6.94. The molecular weight excluding hydrogens is 482 g/mol. The maximum atomic E-state index is 11.6. The predicted molar refractivity (Wildman–Crippen MR) is 126 cm³/mol. The first-order chi connectivity index (χ1) is 15.1. The summed E-state index contributed by atoms with van der Waals surface area (Å²) in [7, 11) is 0. The summed E-state index contributed by atoms with van der Waals surface area (Å²) in [6.07, 6.45) is 1.66. The van der Waals surface area contributed by atoms with Crippen LogP contribution in [0.5, 0.6) is 11.5 Å². The van der Waals surface area contributed by atoms with E-state index in [9.17, 15) is 4.79 Å². The van der Waals surface area contributed by atoms with Gasteiger partial charge in [-0.25, -0.2) is 9.78 Å². The molecule has 31 heavy (non-hydrogen) atoms. The van der Waals surface area contributed by atoms with Gasteiger partial charge in [0.15, 0.2) is 18.1 Å². The highest BCUT2D eigenvalue weighted by atomic mass is 79.9. The number of carbonyl (C=O) groups excluding carboxylic acids is 1. The molecule has 9 heteroatoms. The van der Waals surface area contributed by atoms with Gasteiger partial charge in [0.25, 0.3) is 0 Å². The molecule has 2 aromatic carbocycles. The van der Waals surface area contributed by atoms with Crippen molar-refractivity contribution < 1.29 is 19.0 Å². The fourth-order valence-electron chi connectivity index (χ4n) is 2.63. The predicted octanol–water partition coefficient (Wildman–Crippen LogP) is 5.36. The minimum Gasteiger partial charge on any atom is -0.490 e. The molecule has 1 aromatic heterocycles. The van der Waals surface area contributed by atoms with Crippen LogP contribution in [0.4, 0.5) is 5.13 Å².